The summed E-state index contributed by atoms with van der Waals surface area (Å²) in [6.45, 7) is -0.676. The molecule has 1 saturated heterocycles. The lowest BCUT2D eigenvalue weighted by molar-refractivity contribution is -0.137. The zero-order chi connectivity index (χ0) is 22.4. The van der Waals surface area contributed by atoms with Crippen molar-refractivity contribution >= 4 is 22.5 Å². The van der Waals surface area contributed by atoms with Gasteiger partial charge in [0.1, 0.15) is 5.82 Å². The van der Waals surface area contributed by atoms with Gasteiger partial charge in [-0.1, -0.05) is 30.0 Å². The predicted octanol–water partition coefficient (Wildman–Crippen LogP) is 2.74. The van der Waals surface area contributed by atoms with Crippen LogP contribution in [0.4, 0.5) is 5.82 Å². The second kappa shape index (κ2) is 6.66. The molecule has 2 heterocycles. The van der Waals surface area contributed by atoms with Gasteiger partial charge in [0.05, 0.1) is 0 Å². The SMILES string of the molecule is [2H]C([2H])([2H])N1CC[C@](O)(C#Cc2ccc(C)c(-c3ccc4ccnc(N)c4c3)c2)C1=O. The molecule has 5 heteroatoms. The molecule has 0 bridgehead atoms. The predicted molar refractivity (Wildman–Crippen MR) is 110 cm³/mol. The first-order valence-corrected chi connectivity index (χ1v) is 8.91. The lowest BCUT2D eigenvalue weighted by atomic mass is 9.95. The van der Waals surface area contributed by atoms with Crippen LogP contribution in [-0.2, 0) is 4.79 Å². The molecule has 0 unspecified atom stereocenters. The van der Waals surface area contributed by atoms with Gasteiger partial charge >= 0.3 is 0 Å². The molecule has 0 aliphatic carbocycles. The van der Waals surface area contributed by atoms with Crippen LogP contribution in [0.15, 0.2) is 48.7 Å². The molecule has 1 atom stereocenters. The molecule has 2 aromatic carbocycles. The summed E-state index contributed by atoms with van der Waals surface area (Å²) in [6, 6.07) is 13.4. The van der Waals surface area contributed by atoms with E-state index in [0.717, 1.165) is 27.5 Å². The fourth-order valence-corrected chi connectivity index (χ4v) is 3.37. The first-order chi connectivity index (χ1) is 14.6. The van der Waals surface area contributed by atoms with Crippen molar-refractivity contribution in [2.24, 2.45) is 0 Å². The summed E-state index contributed by atoms with van der Waals surface area (Å²) in [6.07, 6.45) is 1.62. The van der Waals surface area contributed by atoms with E-state index in [9.17, 15) is 9.90 Å². The molecule has 1 aliphatic heterocycles. The number of nitrogens with two attached hydrogens (primary N) is 1. The maximum absolute atomic E-state index is 12.4. The Labute approximate surface area is 168 Å². The van der Waals surface area contributed by atoms with Gasteiger partial charge in [0.25, 0.3) is 5.91 Å². The van der Waals surface area contributed by atoms with Crippen molar-refractivity contribution in [2.45, 2.75) is 18.9 Å². The van der Waals surface area contributed by atoms with Gasteiger partial charge in [-0.2, -0.15) is 0 Å². The number of likely N-dealkylation sites (N-methyl/N-ethyl adjacent to an activating group) is 1. The van der Waals surface area contributed by atoms with Crippen LogP contribution in [-0.4, -0.2) is 40.0 Å². The average Bonchev–Trinajstić information content (AvgIpc) is 3.03. The summed E-state index contributed by atoms with van der Waals surface area (Å²) in [7, 11) is 0. The van der Waals surface area contributed by atoms with Crippen LogP contribution < -0.4 is 5.73 Å². The van der Waals surface area contributed by atoms with Gasteiger partial charge in [0.15, 0.2) is 0 Å². The standard InChI is InChI=1S/C23H21N3O2/c1-15-3-4-16(7-9-23(28)10-12-26(2)22(23)27)13-19(15)18-6-5-17-8-11-25-21(24)20(17)14-18/h3-6,8,11,13-14,28H,10,12H2,1-2H3,(H2,24,25)/t23-/m1/s1/i2D3. The average molecular weight is 374 g/mol. The number of pyridine rings is 1. The Morgan fingerprint density at radius 2 is 2.14 bits per heavy atom. The number of aromatic nitrogens is 1. The number of hydrogen-bond acceptors (Lipinski definition) is 4. The number of anilines is 1. The number of carbonyl (C=O) groups is 1. The van der Waals surface area contributed by atoms with Crippen LogP contribution in [0.1, 0.15) is 21.7 Å². The van der Waals surface area contributed by atoms with E-state index >= 15 is 0 Å². The van der Waals surface area contributed by atoms with E-state index in [1.54, 1.807) is 12.3 Å². The summed E-state index contributed by atoms with van der Waals surface area (Å²) >= 11 is 0. The van der Waals surface area contributed by atoms with E-state index < -0.39 is 18.5 Å². The second-order valence-electron chi connectivity index (χ2n) is 6.98. The minimum atomic E-state index is -2.59. The molecule has 140 valence electrons. The highest BCUT2D eigenvalue weighted by atomic mass is 16.3. The third-order valence-electron chi connectivity index (χ3n) is 5.06. The minimum absolute atomic E-state index is 0.0487. The van der Waals surface area contributed by atoms with Gasteiger partial charge in [-0.15, -0.1) is 0 Å². The molecule has 3 aromatic rings. The highest BCUT2D eigenvalue weighted by molar-refractivity contribution is 5.94. The quantitative estimate of drug-likeness (QED) is 0.642. The van der Waals surface area contributed by atoms with E-state index in [1.807, 2.05) is 43.3 Å². The number of aryl methyl sites for hydroxylation is 1. The first kappa shape index (κ1) is 14.7. The number of amides is 1. The molecular formula is C23H21N3O2. The normalized spacial score (nSPS) is 21.0. The Hall–Kier alpha value is -3.36. The zero-order valence-electron chi connectivity index (χ0n) is 18.4. The third-order valence-corrected chi connectivity index (χ3v) is 5.06. The van der Waals surface area contributed by atoms with Crippen LogP contribution >= 0.6 is 0 Å². The lowest BCUT2D eigenvalue weighted by Crippen LogP contribution is -2.37. The Morgan fingerprint density at radius 1 is 1.29 bits per heavy atom. The molecule has 3 N–H and O–H groups in total. The molecular weight excluding hydrogens is 350 g/mol. The van der Waals surface area contributed by atoms with Crippen molar-refractivity contribution in [2.75, 3.05) is 19.3 Å². The fraction of sp³-hybridized carbons (Fsp3) is 0.217. The van der Waals surface area contributed by atoms with E-state index in [0.29, 0.717) is 16.3 Å². The van der Waals surface area contributed by atoms with Gasteiger partial charge in [0.2, 0.25) is 5.60 Å². The highest BCUT2D eigenvalue weighted by Gasteiger charge is 2.42. The Bertz CT molecular complexity index is 1260. The van der Waals surface area contributed by atoms with Crippen molar-refractivity contribution < 1.29 is 14.0 Å². The van der Waals surface area contributed by atoms with Crippen molar-refractivity contribution in [1.29, 1.82) is 0 Å². The fourth-order valence-electron chi connectivity index (χ4n) is 3.37. The van der Waals surface area contributed by atoms with Crippen LogP contribution in [0.3, 0.4) is 0 Å². The second-order valence-corrected chi connectivity index (χ2v) is 6.98. The summed E-state index contributed by atoms with van der Waals surface area (Å²) in [5.74, 6) is 5.01. The molecule has 0 saturated carbocycles. The zero-order valence-corrected chi connectivity index (χ0v) is 15.4. The smallest absolute Gasteiger partial charge is 0.267 e. The largest absolute Gasteiger partial charge is 0.383 e. The molecule has 4 rings (SSSR count). The number of fused-ring (bicyclic) bond motifs is 1. The van der Waals surface area contributed by atoms with Crippen LogP contribution in [0.5, 0.6) is 0 Å². The van der Waals surface area contributed by atoms with Crippen molar-refractivity contribution in [1.82, 2.24) is 9.88 Å². The maximum Gasteiger partial charge on any atom is 0.267 e. The molecule has 0 spiro atoms. The van der Waals surface area contributed by atoms with E-state index in [4.69, 9.17) is 9.85 Å². The van der Waals surface area contributed by atoms with Gasteiger partial charge < -0.3 is 15.7 Å². The summed E-state index contributed by atoms with van der Waals surface area (Å²) in [4.78, 5) is 17.2. The molecule has 5 nitrogen and oxygen atoms in total. The van der Waals surface area contributed by atoms with Crippen molar-refractivity contribution in [3.05, 3.63) is 59.8 Å². The molecule has 1 aliphatic rings. The summed E-state index contributed by atoms with van der Waals surface area (Å²) < 4.78 is 22.3. The Morgan fingerprint density at radius 3 is 2.93 bits per heavy atom. The summed E-state index contributed by atoms with van der Waals surface area (Å²) in [5.41, 5.74) is 7.53. The minimum Gasteiger partial charge on any atom is -0.383 e. The van der Waals surface area contributed by atoms with E-state index in [2.05, 4.69) is 16.8 Å². The van der Waals surface area contributed by atoms with Crippen LogP contribution in [0.25, 0.3) is 21.9 Å². The number of rotatable bonds is 1. The van der Waals surface area contributed by atoms with Crippen molar-refractivity contribution in [3.8, 4) is 23.0 Å². The number of likely N-dealkylation sites (tertiary alicyclic amines) is 1. The maximum atomic E-state index is 12.4. The first-order valence-electron chi connectivity index (χ1n) is 10.4. The number of nitrogens with zero attached hydrogens (tertiary/aromatic N) is 2. The molecule has 1 amide bonds. The Kier molecular flexibility index (Phi) is 3.49. The molecule has 0 radical (unpaired) electrons. The number of aliphatic hydroxyl groups is 1. The Balaban J connectivity index is 1.69. The number of hydrogen-bond donors (Lipinski definition) is 2. The molecule has 28 heavy (non-hydrogen) atoms. The van der Waals surface area contributed by atoms with E-state index in [1.165, 1.54) is 0 Å². The number of benzene rings is 2. The van der Waals surface area contributed by atoms with Crippen LogP contribution in [0, 0.1) is 18.8 Å². The van der Waals surface area contributed by atoms with E-state index in [-0.39, 0.29) is 13.0 Å². The molecule has 1 aromatic heterocycles. The van der Waals surface area contributed by atoms with Gasteiger partial charge in [-0.25, -0.2) is 4.98 Å². The summed E-state index contributed by atoms with van der Waals surface area (Å²) in [5, 5.41) is 12.5. The van der Waals surface area contributed by atoms with Gasteiger partial charge in [-0.3, -0.25) is 4.79 Å². The van der Waals surface area contributed by atoms with Gasteiger partial charge in [-0.05, 0) is 53.3 Å². The number of carbonyl (C=O) groups excluding carboxylic acids is 1. The topological polar surface area (TPSA) is 79.4 Å². The highest BCUT2D eigenvalue weighted by Crippen LogP contribution is 2.29. The molecule has 1 fully saturated rings. The van der Waals surface area contributed by atoms with Crippen LogP contribution in [0.2, 0.25) is 0 Å². The lowest BCUT2D eigenvalue weighted by Gasteiger charge is -2.13. The monoisotopic (exact) mass is 374 g/mol. The van der Waals surface area contributed by atoms with Crippen molar-refractivity contribution in [3.63, 3.8) is 0 Å². The third kappa shape index (κ3) is 3.08. The van der Waals surface area contributed by atoms with Gasteiger partial charge in [0, 0.05) is 41.2 Å². The number of nitrogen functional groups attached to an aromatic ring is 1.